The molecule has 1 aromatic heterocycles. The molecular weight excluding hydrogens is 412 g/mol. The van der Waals surface area contributed by atoms with Gasteiger partial charge in [0.25, 0.3) is 0 Å². The lowest BCUT2D eigenvalue weighted by molar-refractivity contribution is -0.138. The first-order valence-corrected chi connectivity index (χ1v) is 12.1. The van der Waals surface area contributed by atoms with Gasteiger partial charge in [-0.15, -0.1) is 0 Å². The third kappa shape index (κ3) is 5.22. The summed E-state index contributed by atoms with van der Waals surface area (Å²) in [5, 5.41) is 0. The van der Waals surface area contributed by atoms with Crippen molar-refractivity contribution >= 4 is 16.9 Å². The fourth-order valence-electron chi connectivity index (χ4n) is 4.88. The molecule has 2 heterocycles. The summed E-state index contributed by atoms with van der Waals surface area (Å²) >= 11 is 0. The van der Waals surface area contributed by atoms with Crippen LogP contribution in [-0.2, 0) is 17.9 Å². The third-order valence-corrected chi connectivity index (χ3v) is 6.78. The van der Waals surface area contributed by atoms with E-state index in [1.54, 1.807) is 7.11 Å². The van der Waals surface area contributed by atoms with Gasteiger partial charge in [-0.05, 0) is 76.5 Å². The molecule has 176 valence electrons. The summed E-state index contributed by atoms with van der Waals surface area (Å²) in [7, 11) is 1.69. The van der Waals surface area contributed by atoms with E-state index in [1.165, 1.54) is 5.56 Å². The highest BCUT2D eigenvalue weighted by Crippen LogP contribution is 2.24. The minimum atomic E-state index is 0.140. The second-order valence-corrected chi connectivity index (χ2v) is 9.22. The predicted octanol–water partition coefficient (Wildman–Crippen LogP) is 4.56. The maximum atomic E-state index is 12.9. The van der Waals surface area contributed by atoms with E-state index in [1.807, 2.05) is 23.1 Å². The molecular formula is C27H36N4O2. The van der Waals surface area contributed by atoms with Crippen molar-refractivity contribution in [3.8, 4) is 5.75 Å². The van der Waals surface area contributed by atoms with Gasteiger partial charge < -0.3 is 14.2 Å². The molecule has 1 fully saturated rings. The molecule has 0 spiro atoms. The van der Waals surface area contributed by atoms with Gasteiger partial charge in [0.1, 0.15) is 11.6 Å². The van der Waals surface area contributed by atoms with Gasteiger partial charge in [0.05, 0.1) is 24.7 Å². The number of aromatic nitrogens is 2. The molecule has 1 aliphatic rings. The average molecular weight is 449 g/mol. The minimum Gasteiger partial charge on any atom is -0.497 e. The average Bonchev–Trinajstić information content (AvgIpc) is 3.17. The molecule has 2 aromatic carbocycles. The fourth-order valence-corrected chi connectivity index (χ4v) is 4.88. The maximum absolute atomic E-state index is 12.9. The van der Waals surface area contributed by atoms with E-state index in [9.17, 15) is 4.79 Å². The zero-order valence-electron chi connectivity index (χ0n) is 20.3. The van der Waals surface area contributed by atoms with Gasteiger partial charge in [-0.2, -0.15) is 0 Å². The highest BCUT2D eigenvalue weighted by Gasteiger charge is 2.29. The minimum absolute atomic E-state index is 0.140. The van der Waals surface area contributed by atoms with Crippen LogP contribution in [0.15, 0.2) is 48.5 Å². The Balaban J connectivity index is 1.48. The number of para-hydroxylation sites is 2. The van der Waals surface area contributed by atoms with E-state index in [4.69, 9.17) is 9.72 Å². The van der Waals surface area contributed by atoms with Crippen molar-refractivity contribution in [3.63, 3.8) is 0 Å². The number of methoxy groups -OCH3 is 1. The molecule has 6 nitrogen and oxygen atoms in total. The molecule has 33 heavy (non-hydrogen) atoms. The van der Waals surface area contributed by atoms with E-state index < -0.39 is 0 Å². The molecule has 0 saturated carbocycles. The lowest BCUT2D eigenvalue weighted by atomic mass is 9.94. The van der Waals surface area contributed by atoms with Crippen LogP contribution in [0.4, 0.5) is 0 Å². The van der Waals surface area contributed by atoms with Crippen molar-refractivity contribution in [3.05, 3.63) is 59.9 Å². The van der Waals surface area contributed by atoms with Gasteiger partial charge in [-0.25, -0.2) is 4.98 Å². The summed E-state index contributed by atoms with van der Waals surface area (Å²) < 4.78 is 7.63. The Kier molecular flexibility index (Phi) is 7.33. The molecule has 1 amide bonds. The summed E-state index contributed by atoms with van der Waals surface area (Å²) in [6.45, 7) is 10.5. The van der Waals surface area contributed by atoms with Gasteiger partial charge in [-0.1, -0.05) is 24.3 Å². The van der Waals surface area contributed by atoms with E-state index in [0.717, 1.165) is 68.2 Å². The summed E-state index contributed by atoms with van der Waals surface area (Å²) in [6, 6.07) is 16.8. The molecule has 0 N–H and O–H groups in total. The second kappa shape index (κ2) is 10.4. The van der Waals surface area contributed by atoms with Crippen molar-refractivity contribution in [2.45, 2.75) is 52.7 Å². The van der Waals surface area contributed by atoms with Gasteiger partial charge in [0, 0.05) is 25.0 Å². The summed E-state index contributed by atoms with van der Waals surface area (Å²) in [4.78, 5) is 22.4. The van der Waals surface area contributed by atoms with Gasteiger partial charge in [0.2, 0.25) is 5.91 Å². The first-order valence-electron chi connectivity index (χ1n) is 12.1. The normalized spacial score (nSPS) is 15.3. The number of fused-ring (bicyclic) bond motifs is 1. The first-order chi connectivity index (χ1) is 16.0. The number of amides is 1. The van der Waals surface area contributed by atoms with Crippen molar-refractivity contribution in [2.75, 3.05) is 26.7 Å². The standard InChI is InChI=1S/C27H36N4O2/c1-5-30(20(2)3)27(32)22-14-16-29(17-15-22)19-26-28-24-8-6-7-9-25(24)31(26)18-21-10-12-23(33-4)13-11-21/h6-13,20,22H,5,14-19H2,1-4H3. The monoisotopic (exact) mass is 448 g/mol. The van der Waals surface area contributed by atoms with Crippen LogP contribution in [0.5, 0.6) is 5.75 Å². The summed E-state index contributed by atoms with van der Waals surface area (Å²) in [5.74, 6) is 2.40. The SMILES string of the molecule is CCN(C(=O)C1CCN(Cc2nc3ccccc3n2Cc2ccc(OC)cc2)CC1)C(C)C. The van der Waals surface area contributed by atoms with E-state index in [2.05, 4.69) is 60.6 Å². The Morgan fingerprint density at radius 3 is 2.42 bits per heavy atom. The Morgan fingerprint density at radius 1 is 1.09 bits per heavy atom. The molecule has 3 aromatic rings. The predicted molar refractivity (Wildman–Crippen MR) is 132 cm³/mol. The molecule has 4 rings (SSSR count). The van der Waals surface area contributed by atoms with Gasteiger partial charge in [-0.3, -0.25) is 9.69 Å². The van der Waals surface area contributed by atoms with Crippen LogP contribution in [0.3, 0.4) is 0 Å². The molecule has 0 atom stereocenters. The number of nitrogens with zero attached hydrogens (tertiary/aromatic N) is 4. The lowest BCUT2D eigenvalue weighted by Gasteiger charge is -2.35. The molecule has 0 bridgehead atoms. The highest BCUT2D eigenvalue weighted by molar-refractivity contribution is 5.79. The van der Waals surface area contributed by atoms with Gasteiger partial charge >= 0.3 is 0 Å². The van der Waals surface area contributed by atoms with Crippen LogP contribution in [-0.4, -0.2) is 58.0 Å². The Labute approximate surface area is 197 Å². The largest absolute Gasteiger partial charge is 0.497 e. The summed E-state index contributed by atoms with van der Waals surface area (Å²) in [6.07, 6.45) is 1.83. The summed E-state index contributed by atoms with van der Waals surface area (Å²) in [5.41, 5.74) is 3.41. The second-order valence-electron chi connectivity index (χ2n) is 9.22. The molecule has 1 saturated heterocycles. The Hall–Kier alpha value is -2.86. The van der Waals surface area contributed by atoms with Crippen molar-refractivity contribution in [1.82, 2.24) is 19.4 Å². The molecule has 0 unspecified atom stereocenters. The number of rotatable bonds is 8. The topological polar surface area (TPSA) is 50.6 Å². The number of carbonyl (C=O) groups excluding carboxylic acids is 1. The van der Waals surface area contributed by atoms with Crippen LogP contribution in [0.1, 0.15) is 45.0 Å². The van der Waals surface area contributed by atoms with Crippen LogP contribution >= 0.6 is 0 Å². The van der Waals surface area contributed by atoms with Crippen molar-refractivity contribution in [2.24, 2.45) is 5.92 Å². The molecule has 1 aliphatic heterocycles. The zero-order valence-corrected chi connectivity index (χ0v) is 20.3. The quantitative estimate of drug-likeness (QED) is 0.507. The number of ether oxygens (including phenoxy) is 1. The number of likely N-dealkylation sites (tertiary alicyclic amines) is 1. The Morgan fingerprint density at radius 2 is 1.79 bits per heavy atom. The van der Waals surface area contributed by atoms with Crippen LogP contribution in [0.25, 0.3) is 11.0 Å². The van der Waals surface area contributed by atoms with E-state index >= 15 is 0 Å². The van der Waals surface area contributed by atoms with Crippen molar-refractivity contribution < 1.29 is 9.53 Å². The van der Waals surface area contributed by atoms with Crippen LogP contribution < -0.4 is 4.74 Å². The fraction of sp³-hybridized carbons (Fsp3) is 0.481. The van der Waals surface area contributed by atoms with Crippen LogP contribution in [0.2, 0.25) is 0 Å². The smallest absolute Gasteiger partial charge is 0.225 e. The van der Waals surface area contributed by atoms with Crippen LogP contribution in [0, 0.1) is 5.92 Å². The Bertz CT molecular complexity index is 1070. The number of benzene rings is 2. The van der Waals surface area contributed by atoms with E-state index in [-0.39, 0.29) is 12.0 Å². The zero-order chi connectivity index (χ0) is 23.4. The number of hydrogen-bond donors (Lipinski definition) is 0. The van der Waals surface area contributed by atoms with E-state index in [0.29, 0.717) is 5.91 Å². The highest BCUT2D eigenvalue weighted by atomic mass is 16.5. The molecule has 6 heteroatoms. The maximum Gasteiger partial charge on any atom is 0.225 e. The molecule has 0 radical (unpaired) electrons. The number of piperidine rings is 1. The molecule has 0 aliphatic carbocycles. The number of carbonyl (C=O) groups is 1. The number of imidazole rings is 1. The van der Waals surface area contributed by atoms with Gasteiger partial charge in [0.15, 0.2) is 0 Å². The number of hydrogen-bond acceptors (Lipinski definition) is 4. The lowest BCUT2D eigenvalue weighted by Crippen LogP contribution is -2.45. The van der Waals surface area contributed by atoms with Crippen molar-refractivity contribution in [1.29, 1.82) is 0 Å². The third-order valence-electron chi connectivity index (χ3n) is 6.78. The first kappa shape index (κ1) is 23.3.